The molecule has 0 N–H and O–H groups in total. The van der Waals surface area contributed by atoms with Crippen LogP contribution in [0.3, 0.4) is 0 Å². The van der Waals surface area contributed by atoms with Crippen molar-refractivity contribution in [3.63, 3.8) is 0 Å². The summed E-state index contributed by atoms with van der Waals surface area (Å²) in [5, 5.41) is 4.38. The Morgan fingerprint density at radius 1 is 1.10 bits per heavy atom. The van der Waals surface area contributed by atoms with Crippen LogP contribution in [0.25, 0.3) is 11.5 Å². The van der Waals surface area contributed by atoms with Crippen molar-refractivity contribution in [3.05, 3.63) is 60.4 Å². The third-order valence-electron chi connectivity index (χ3n) is 6.34. The predicted octanol–water partition coefficient (Wildman–Crippen LogP) is 3.43. The summed E-state index contributed by atoms with van der Waals surface area (Å²) in [5.74, 6) is 2.20. The summed E-state index contributed by atoms with van der Waals surface area (Å²) in [7, 11) is 0. The van der Waals surface area contributed by atoms with Gasteiger partial charge in [-0.1, -0.05) is 24.1 Å². The van der Waals surface area contributed by atoms with Gasteiger partial charge in [0.1, 0.15) is 0 Å². The van der Waals surface area contributed by atoms with Crippen LogP contribution in [0, 0.1) is 5.92 Å². The molecule has 0 aromatic carbocycles. The van der Waals surface area contributed by atoms with E-state index < -0.39 is 0 Å². The smallest absolute Gasteiger partial charge is 0.259 e. The molecule has 0 spiro atoms. The molecule has 7 nitrogen and oxygen atoms in total. The lowest BCUT2D eigenvalue weighted by molar-refractivity contribution is -0.132. The average Bonchev–Trinajstić information content (AvgIpc) is 3.45. The van der Waals surface area contributed by atoms with E-state index in [2.05, 4.69) is 15.1 Å². The molecule has 7 heteroatoms. The fourth-order valence-corrected chi connectivity index (χ4v) is 4.41. The number of hydrogen-bond acceptors (Lipinski definition) is 6. The van der Waals surface area contributed by atoms with Gasteiger partial charge in [-0.05, 0) is 48.9 Å². The number of rotatable bonds is 6. The minimum absolute atomic E-state index is 0.115. The first-order valence-electron chi connectivity index (χ1n) is 10.6. The molecule has 30 heavy (non-hydrogen) atoms. The number of pyridine rings is 2. The number of hydrogen-bond donors (Lipinski definition) is 0. The van der Waals surface area contributed by atoms with Gasteiger partial charge in [0.05, 0.1) is 12.0 Å². The SMILES string of the molecule is O=C(Cc1cccnc1)N1CCC(CC2CC2)(c2noc(-c3cccnc3)n2)CC1. The monoisotopic (exact) mass is 403 g/mol. The Morgan fingerprint density at radius 2 is 1.87 bits per heavy atom. The van der Waals surface area contributed by atoms with Gasteiger partial charge < -0.3 is 9.42 Å². The molecule has 0 atom stereocenters. The Morgan fingerprint density at radius 3 is 2.53 bits per heavy atom. The van der Waals surface area contributed by atoms with Crippen molar-refractivity contribution in [1.82, 2.24) is 25.0 Å². The molecule has 1 aliphatic carbocycles. The van der Waals surface area contributed by atoms with Crippen molar-refractivity contribution in [1.29, 1.82) is 0 Å². The molecule has 1 aliphatic heterocycles. The maximum atomic E-state index is 12.8. The summed E-state index contributed by atoms with van der Waals surface area (Å²) in [5.41, 5.74) is 1.68. The lowest BCUT2D eigenvalue weighted by Gasteiger charge is -2.40. The van der Waals surface area contributed by atoms with Crippen LogP contribution >= 0.6 is 0 Å². The zero-order valence-electron chi connectivity index (χ0n) is 16.9. The molecule has 0 bridgehead atoms. The van der Waals surface area contributed by atoms with Gasteiger partial charge in [0.2, 0.25) is 5.91 Å². The van der Waals surface area contributed by atoms with Crippen molar-refractivity contribution in [2.24, 2.45) is 5.92 Å². The standard InChI is InChI=1S/C23H25N5O2/c29-20(13-18-3-1-9-24-15-18)28-11-7-23(8-12-28,14-17-5-6-17)22-26-21(30-27-22)19-4-2-10-25-16-19/h1-4,9-10,15-17H,5-8,11-14H2. The van der Waals surface area contributed by atoms with Crippen molar-refractivity contribution in [2.45, 2.75) is 43.9 Å². The second kappa shape index (κ2) is 7.97. The van der Waals surface area contributed by atoms with Crippen molar-refractivity contribution in [2.75, 3.05) is 13.1 Å². The number of aromatic nitrogens is 4. The maximum absolute atomic E-state index is 12.8. The van der Waals surface area contributed by atoms with Gasteiger partial charge in [-0.25, -0.2) is 0 Å². The van der Waals surface area contributed by atoms with E-state index in [0.717, 1.165) is 55.2 Å². The number of carbonyl (C=O) groups excluding carboxylic acids is 1. The molecule has 1 saturated carbocycles. The normalized spacial score (nSPS) is 18.3. The Bertz CT molecular complexity index is 993. The minimum atomic E-state index is -0.115. The van der Waals surface area contributed by atoms with Crippen molar-refractivity contribution in [3.8, 4) is 11.5 Å². The highest BCUT2D eigenvalue weighted by molar-refractivity contribution is 5.78. The van der Waals surface area contributed by atoms with E-state index in [4.69, 9.17) is 9.51 Å². The Kier molecular flexibility index (Phi) is 5.02. The van der Waals surface area contributed by atoms with Gasteiger partial charge >= 0.3 is 0 Å². The fourth-order valence-electron chi connectivity index (χ4n) is 4.41. The molecule has 154 valence electrons. The zero-order valence-corrected chi connectivity index (χ0v) is 16.9. The highest BCUT2D eigenvalue weighted by atomic mass is 16.5. The van der Waals surface area contributed by atoms with Crippen LogP contribution in [0.1, 0.15) is 43.5 Å². The Balaban J connectivity index is 1.31. The van der Waals surface area contributed by atoms with E-state index in [-0.39, 0.29) is 11.3 Å². The van der Waals surface area contributed by atoms with Gasteiger partial charge in [-0.2, -0.15) is 4.98 Å². The summed E-state index contributed by atoms with van der Waals surface area (Å²) in [4.78, 5) is 27.8. The predicted molar refractivity (Wildman–Crippen MR) is 110 cm³/mol. The molecule has 2 aliphatic rings. The van der Waals surface area contributed by atoms with E-state index in [0.29, 0.717) is 12.3 Å². The van der Waals surface area contributed by atoms with Gasteiger partial charge in [-0.15, -0.1) is 0 Å². The summed E-state index contributed by atoms with van der Waals surface area (Å²) >= 11 is 0. The lowest BCUT2D eigenvalue weighted by atomic mass is 9.73. The fraction of sp³-hybridized carbons (Fsp3) is 0.435. The molecule has 0 unspecified atom stereocenters. The number of piperidine rings is 1. The molecule has 2 fully saturated rings. The lowest BCUT2D eigenvalue weighted by Crippen LogP contribution is -2.46. The van der Waals surface area contributed by atoms with Crippen LogP contribution in [0.4, 0.5) is 0 Å². The Hall–Kier alpha value is -3.09. The third-order valence-corrected chi connectivity index (χ3v) is 6.34. The second-order valence-corrected chi connectivity index (χ2v) is 8.51. The quantitative estimate of drug-likeness (QED) is 0.627. The molecule has 3 aromatic heterocycles. The van der Waals surface area contributed by atoms with Crippen molar-refractivity contribution < 1.29 is 9.32 Å². The summed E-state index contributed by atoms with van der Waals surface area (Å²) in [6.45, 7) is 1.45. The molecule has 3 aromatic rings. The maximum Gasteiger partial charge on any atom is 0.259 e. The highest BCUT2D eigenvalue weighted by Gasteiger charge is 2.44. The summed E-state index contributed by atoms with van der Waals surface area (Å²) < 4.78 is 5.60. The van der Waals surface area contributed by atoms with E-state index in [9.17, 15) is 4.79 Å². The van der Waals surface area contributed by atoms with Crippen LogP contribution in [0.5, 0.6) is 0 Å². The molecule has 0 radical (unpaired) electrons. The van der Waals surface area contributed by atoms with E-state index in [1.54, 1.807) is 24.8 Å². The number of carbonyl (C=O) groups is 1. The third kappa shape index (κ3) is 3.97. The van der Waals surface area contributed by atoms with Crippen LogP contribution in [0.15, 0.2) is 53.6 Å². The van der Waals surface area contributed by atoms with Crippen molar-refractivity contribution >= 4 is 5.91 Å². The van der Waals surface area contributed by atoms with Crippen LogP contribution in [0.2, 0.25) is 0 Å². The first-order valence-corrected chi connectivity index (χ1v) is 10.6. The summed E-state index contributed by atoms with van der Waals surface area (Å²) in [6.07, 6.45) is 12.7. The van der Waals surface area contributed by atoms with Crippen LogP contribution in [-0.4, -0.2) is 44.0 Å². The molecule has 5 rings (SSSR count). The Labute approximate surface area is 175 Å². The molecular formula is C23H25N5O2. The van der Waals surface area contributed by atoms with E-state index in [1.807, 2.05) is 29.2 Å². The van der Waals surface area contributed by atoms with E-state index in [1.165, 1.54) is 12.8 Å². The first kappa shape index (κ1) is 18.9. The zero-order chi connectivity index (χ0) is 20.4. The second-order valence-electron chi connectivity index (χ2n) is 8.51. The number of nitrogens with zero attached hydrogens (tertiary/aromatic N) is 5. The van der Waals surface area contributed by atoms with Gasteiger partial charge in [-0.3, -0.25) is 14.8 Å². The van der Waals surface area contributed by atoms with Gasteiger partial charge in [0.25, 0.3) is 5.89 Å². The highest BCUT2D eigenvalue weighted by Crippen LogP contribution is 2.46. The number of likely N-dealkylation sites (tertiary alicyclic amines) is 1. The van der Waals surface area contributed by atoms with Crippen LogP contribution in [-0.2, 0) is 16.6 Å². The minimum Gasteiger partial charge on any atom is -0.342 e. The van der Waals surface area contributed by atoms with Gasteiger partial charge in [0, 0.05) is 43.3 Å². The van der Waals surface area contributed by atoms with Crippen LogP contribution < -0.4 is 0 Å². The van der Waals surface area contributed by atoms with Gasteiger partial charge in [0.15, 0.2) is 5.82 Å². The molecule has 1 saturated heterocycles. The molecule has 1 amide bonds. The topological polar surface area (TPSA) is 85.0 Å². The van der Waals surface area contributed by atoms with E-state index >= 15 is 0 Å². The largest absolute Gasteiger partial charge is 0.342 e. The number of amides is 1. The summed E-state index contributed by atoms with van der Waals surface area (Å²) in [6, 6.07) is 7.62. The first-order chi connectivity index (χ1) is 14.7. The average molecular weight is 403 g/mol. The molecular weight excluding hydrogens is 378 g/mol. The molecule has 4 heterocycles.